The van der Waals surface area contributed by atoms with Crippen LogP contribution in [-0.2, 0) is 9.59 Å². The highest BCUT2D eigenvalue weighted by Gasteiger charge is 2.04. The van der Waals surface area contributed by atoms with Crippen LogP contribution < -0.4 is 10.7 Å². The van der Waals surface area contributed by atoms with Gasteiger partial charge in [-0.2, -0.15) is 5.10 Å². The Kier molecular flexibility index (Phi) is 14.3. The Morgan fingerprint density at radius 1 is 0.931 bits per heavy atom. The van der Waals surface area contributed by atoms with Crippen molar-refractivity contribution >= 4 is 18.0 Å². The van der Waals surface area contributed by atoms with E-state index in [1.165, 1.54) is 69.7 Å². The summed E-state index contributed by atoms with van der Waals surface area (Å²) >= 11 is 0. The zero-order valence-electron chi connectivity index (χ0n) is 17.7. The number of carbonyl (C=O) groups is 2. The van der Waals surface area contributed by atoms with Crippen LogP contribution in [0.4, 0.5) is 4.39 Å². The number of hydrogen-bond acceptors (Lipinski definition) is 3. The number of hydrogen-bond donors (Lipinski definition) is 2. The predicted octanol–water partition coefficient (Wildman–Crippen LogP) is 5.09. The van der Waals surface area contributed by atoms with Crippen molar-refractivity contribution in [3.05, 3.63) is 35.6 Å². The van der Waals surface area contributed by atoms with Crippen LogP contribution in [0.3, 0.4) is 0 Å². The molecule has 0 fully saturated rings. The molecular weight excluding hydrogens is 369 g/mol. The third-order valence-corrected chi connectivity index (χ3v) is 4.71. The number of halogens is 1. The molecule has 0 heterocycles. The molecule has 0 radical (unpaired) electrons. The van der Waals surface area contributed by atoms with Gasteiger partial charge in [-0.15, -0.1) is 0 Å². The first-order valence-corrected chi connectivity index (χ1v) is 11.0. The van der Waals surface area contributed by atoms with Gasteiger partial charge >= 0.3 is 0 Å². The van der Waals surface area contributed by atoms with Gasteiger partial charge in [0.1, 0.15) is 5.82 Å². The summed E-state index contributed by atoms with van der Waals surface area (Å²) in [5, 5.41) is 6.34. The third kappa shape index (κ3) is 14.4. The summed E-state index contributed by atoms with van der Waals surface area (Å²) in [6.45, 7) is 2.12. The molecule has 0 aliphatic carbocycles. The monoisotopic (exact) mass is 405 g/mol. The summed E-state index contributed by atoms with van der Waals surface area (Å²) in [5.41, 5.74) is 2.86. The van der Waals surface area contributed by atoms with Crippen LogP contribution in [0.25, 0.3) is 0 Å². The largest absolute Gasteiger partial charge is 0.347 e. The summed E-state index contributed by atoms with van der Waals surface area (Å²) in [6, 6.07) is 5.88. The average molecular weight is 406 g/mol. The lowest BCUT2D eigenvalue weighted by atomic mass is 10.1. The Bertz CT molecular complexity index is 620. The minimum absolute atomic E-state index is 0.114. The highest BCUT2D eigenvalue weighted by atomic mass is 19.1. The van der Waals surface area contributed by atoms with Gasteiger partial charge in [0.05, 0.1) is 12.8 Å². The van der Waals surface area contributed by atoms with Crippen molar-refractivity contribution in [2.45, 2.75) is 84.0 Å². The van der Waals surface area contributed by atoms with E-state index in [1.807, 2.05) is 0 Å². The molecule has 6 heteroatoms. The number of nitrogens with zero attached hydrogens (tertiary/aromatic N) is 1. The van der Waals surface area contributed by atoms with Crippen molar-refractivity contribution in [1.29, 1.82) is 0 Å². The van der Waals surface area contributed by atoms with Crippen LogP contribution in [0.1, 0.15) is 89.5 Å². The second-order valence-electron chi connectivity index (χ2n) is 7.41. The molecule has 0 saturated heterocycles. The fraction of sp³-hybridized carbons (Fsp3) is 0.609. The van der Waals surface area contributed by atoms with Crippen LogP contribution >= 0.6 is 0 Å². The molecule has 0 unspecified atom stereocenters. The van der Waals surface area contributed by atoms with E-state index in [0.717, 1.165) is 19.3 Å². The van der Waals surface area contributed by atoms with Gasteiger partial charge in [-0.3, -0.25) is 9.59 Å². The molecule has 1 aromatic rings. The lowest BCUT2D eigenvalue weighted by Gasteiger charge is -2.05. The van der Waals surface area contributed by atoms with E-state index in [0.29, 0.717) is 12.0 Å². The van der Waals surface area contributed by atoms with Gasteiger partial charge in [-0.1, -0.05) is 83.3 Å². The zero-order chi connectivity index (χ0) is 21.2. The van der Waals surface area contributed by atoms with Gasteiger partial charge in [0.15, 0.2) is 0 Å². The number of hydrazone groups is 1. The number of rotatable bonds is 16. The van der Waals surface area contributed by atoms with E-state index in [9.17, 15) is 14.0 Å². The molecule has 0 aromatic heterocycles. The molecule has 0 atom stereocenters. The van der Waals surface area contributed by atoms with Gasteiger partial charge in [0.25, 0.3) is 5.91 Å². The Morgan fingerprint density at radius 3 is 2.17 bits per heavy atom. The summed E-state index contributed by atoms with van der Waals surface area (Å²) in [7, 11) is 0. The molecule has 1 aromatic carbocycles. The zero-order valence-corrected chi connectivity index (χ0v) is 17.7. The van der Waals surface area contributed by atoms with Crippen LogP contribution in [0.5, 0.6) is 0 Å². The Labute approximate surface area is 174 Å². The average Bonchev–Trinajstić information content (AvgIpc) is 2.70. The molecule has 0 spiro atoms. The quantitative estimate of drug-likeness (QED) is 0.228. The lowest BCUT2D eigenvalue weighted by molar-refractivity contribution is -0.126. The van der Waals surface area contributed by atoms with Crippen LogP contribution in [0, 0.1) is 5.82 Å². The highest BCUT2D eigenvalue weighted by Crippen LogP contribution is 2.11. The van der Waals surface area contributed by atoms with Crippen molar-refractivity contribution in [3.8, 4) is 0 Å². The van der Waals surface area contributed by atoms with Gasteiger partial charge in [-0.05, 0) is 24.1 Å². The lowest BCUT2D eigenvalue weighted by Crippen LogP contribution is -2.34. The van der Waals surface area contributed by atoms with Gasteiger partial charge < -0.3 is 5.32 Å². The summed E-state index contributed by atoms with van der Waals surface area (Å²) in [5.74, 6) is -0.898. The predicted molar refractivity (Wildman–Crippen MR) is 116 cm³/mol. The normalized spacial score (nSPS) is 11.0. The van der Waals surface area contributed by atoms with Crippen molar-refractivity contribution in [2.24, 2.45) is 5.10 Å². The molecular formula is C23H36FN3O2. The summed E-state index contributed by atoms with van der Waals surface area (Å²) in [4.78, 5) is 23.4. The van der Waals surface area contributed by atoms with Gasteiger partial charge in [0, 0.05) is 6.42 Å². The molecule has 2 N–H and O–H groups in total. The van der Waals surface area contributed by atoms with Crippen molar-refractivity contribution in [1.82, 2.24) is 10.7 Å². The molecule has 29 heavy (non-hydrogen) atoms. The van der Waals surface area contributed by atoms with Crippen molar-refractivity contribution in [3.63, 3.8) is 0 Å². The smallest absolute Gasteiger partial charge is 0.259 e. The number of unbranched alkanes of at least 4 members (excludes halogenated alkanes) is 10. The van der Waals surface area contributed by atoms with Crippen molar-refractivity contribution < 1.29 is 14.0 Å². The number of carbonyl (C=O) groups excluding carboxylic acids is 2. The first-order chi connectivity index (χ1) is 14.1. The number of benzene rings is 1. The Morgan fingerprint density at radius 2 is 1.55 bits per heavy atom. The minimum atomic E-state index is -0.412. The Balaban J connectivity index is 1.96. The SMILES string of the molecule is CCCCCCCCCCCCCC(=O)NCC(=O)N/N=C/c1cccc(F)c1. The molecule has 1 rings (SSSR count). The molecule has 0 aliphatic rings. The minimum Gasteiger partial charge on any atom is -0.347 e. The van der Waals surface area contributed by atoms with Crippen molar-refractivity contribution in [2.75, 3.05) is 6.54 Å². The van der Waals surface area contributed by atoms with E-state index in [-0.39, 0.29) is 18.3 Å². The fourth-order valence-electron chi connectivity index (χ4n) is 3.02. The Hall–Kier alpha value is -2.24. The molecule has 2 amide bonds. The van der Waals surface area contributed by atoms with E-state index in [4.69, 9.17) is 0 Å². The van der Waals surface area contributed by atoms with Gasteiger partial charge in [-0.25, -0.2) is 9.82 Å². The fourth-order valence-corrected chi connectivity index (χ4v) is 3.02. The van der Waals surface area contributed by atoms with E-state index < -0.39 is 5.91 Å². The van der Waals surface area contributed by atoms with Crippen LogP contribution in [-0.4, -0.2) is 24.6 Å². The third-order valence-electron chi connectivity index (χ3n) is 4.71. The standard InChI is InChI=1S/C23H36FN3O2/c1-2-3-4-5-6-7-8-9-10-11-12-16-22(28)25-19-23(29)27-26-18-20-14-13-15-21(24)17-20/h13-15,17-18H,2-12,16,19H2,1H3,(H,25,28)(H,27,29)/b26-18+. The maximum Gasteiger partial charge on any atom is 0.259 e. The first kappa shape index (κ1) is 24.8. The summed E-state index contributed by atoms with van der Waals surface area (Å²) in [6.07, 6.45) is 15.4. The van der Waals surface area contributed by atoms with E-state index >= 15 is 0 Å². The second-order valence-corrected chi connectivity index (χ2v) is 7.41. The molecule has 0 aliphatic heterocycles. The van der Waals surface area contributed by atoms with Crippen LogP contribution in [0.2, 0.25) is 0 Å². The van der Waals surface area contributed by atoms with E-state index in [2.05, 4.69) is 22.8 Å². The van der Waals surface area contributed by atoms with Gasteiger partial charge in [0.2, 0.25) is 5.91 Å². The summed E-state index contributed by atoms with van der Waals surface area (Å²) < 4.78 is 13.0. The second kappa shape index (κ2) is 16.7. The maximum atomic E-state index is 13.0. The molecule has 0 saturated carbocycles. The van der Waals surface area contributed by atoms with E-state index in [1.54, 1.807) is 12.1 Å². The van der Waals surface area contributed by atoms with Crippen LogP contribution in [0.15, 0.2) is 29.4 Å². The number of nitrogens with one attached hydrogen (secondary N) is 2. The maximum absolute atomic E-state index is 13.0. The molecule has 0 bridgehead atoms. The number of amides is 2. The highest BCUT2D eigenvalue weighted by molar-refractivity contribution is 5.86. The molecule has 162 valence electrons. The topological polar surface area (TPSA) is 70.6 Å². The molecule has 5 nitrogen and oxygen atoms in total. The first-order valence-electron chi connectivity index (χ1n) is 11.0.